The molecule has 0 aliphatic heterocycles. The number of nitrogens with one attached hydrogen (secondary N) is 1. The van der Waals surface area contributed by atoms with Crippen molar-refractivity contribution in [3.05, 3.63) is 0 Å². The molecule has 1 atom stereocenters. The van der Waals surface area contributed by atoms with Crippen LogP contribution in [0.3, 0.4) is 0 Å². The Hall–Kier alpha value is -0.250. The Balaban J connectivity index is 4.17. The summed E-state index contributed by atoms with van der Waals surface area (Å²) >= 11 is 0. The SMILES string of the molecule is CNC(CCS(=O)(=O)O)C(O)(O)O. The van der Waals surface area contributed by atoms with Gasteiger partial charge in [-0.15, -0.1) is 0 Å². The highest BCUT2D eigenvalue weighted by Crippen LogP contribution is 2.06. The second kappa shape index (κ2) is 4.31. The van der Waals surface area contributed by atoms with Gasteiger partial charge in [0.2, 0.25) is 0 Å². The zero-order valence-corrected chi connectivity index (χ0v) is 7.82. The number of likely N-dealkylation sites (N-methyl/N-ethyl adjacent to an activating group) is 1. The van der Waals surface area contributed by atoms with Gasteiger partial charge in [-0.1, -0.05) is 0 Å². The molecular formula is C5H13NO6S. The smallest absolute Gasteiger partial charge is 0.291 e. The summed E-state index contributed by atoms with van der Waals surface area (Å²) in [5, 5.41) is 28.2. The van der Waals surface area contributed by atoms with Gasteiger partial charge in [0.15, 0.2) is 0 Å². The molecule has 0 saturated carbocycles. The Morgan fingerprint density at radius 3 is 2.08 bits per heavy atom. The van der Waals surface area contributed by atoms with Crippen LogP contribution in [-0.2, 0) is 10.1 Å². The molecule has 0 bridgehead atoms. The Labute approximate surface area is 75.8 Å². The first-order chi connectivity index (χ1) is 5.67. The molecule has 0 aromatic rings. The van der Waals surface area contributed by atoms with Crippen molar-refractivity contribution in [2.45, 2.75) is 18.4 Å². The van der Waals surface area contributed by atoms with Crippen LogP contribution in [0, 0.1) is 0 Å². The summed E-state index contributed by atoms with van der Waals surface area (Å²) in [6.07, 6.45) is -0.321. The van der Waals surface area contributed by atoms with Crippen molar-refractivity contribution in [3.63, 3.8) is 0 Å². The van der Waals surface area contributed by atoms with Crippen molar-refractivity contribution in [1.82, 2.24) is 5.32 Å². The summed E-state index contributed by atoms with van der Waals surface area (Å²) < 4.78 is 28.9. The number of hydrogen-bond acceptors (Lipinski definition) is 6. The average Bonchev–Trinajstić information content (AvgIpc) is 1.82. The van der Waals surface area contributed by atoms with Crippen LogP contribution >= 0.6 is 0 Å². The van der Waals surface area contributed by atoms with Gasteiger partial charge in [0, 0.05) is 0 Å². The second-order valence-electron chi connectivity index (χ2n) is 2.60. The Morgan fingerprint density at radius 1 is 1.38 bits per heavy atom. The topological polar surface area (TPSA) is 127 Å². The van der Waals surface area contributed by atoms with Crippen molar-refractivity contribution >= 4 is 10.1 Å². The minimum absolute atomic E-state index is 0.321. The number of rotatable bonds is 5. The third kappa shape index (κ3) is 5.91. The van der Waals surface area contributed by atoms with Crippen LogP contribution in [0.4, 0.5) is 0 Å². The first-order valence-electron chi connectivity index (χ1n) is 3.46. The molecule has 0 rings (SSSR count). The van der Waals surface area contributed by atoms with Crippen molar-refractivity contribution in [2.24, 2.45) is 0 Å². The van der Waals surface area contributed by atoms with Crippen molar-refractivity contribution < 1.29 is 28.3 Å². The first-order valence-corrected chi connectivity index (χ1v) is 5.07. The fourth-order valence-electron chi connectivity index (χ4n) is 0.798. The van der Waals surface area contributed by atoms with Gasteiger partial charge in [0.25, 0.3) is 16.1 Å². The zero-order chi connectivity index (χ0) is 10.7. The van der Waals surface area contributed by atoms with Crippen LogP contribution in [-0.4, -0.2) is 53.1 Å². The molecule has 0 saturated heterocycles. The van der Waals surface area contributed by atoms with Crippen molar-refractivity contribution in [1.29, 1.82) is 0 Å². The van der Waals surface area contributed by atoms with E-state index in [1.54, 1.807) is 0 Å². The quantitative estimate of drug-likeness (QED) is 0.253. The van der Waals surface area contributed by atoms with Crippen LogP contribution in [0.2, 0.25) is 0 Å². The third-order valence-electron chi connectivity index (χ3n) is 1.48. The van der Waals surface area contributed by atoms with Gasteiger partial charge in [0.05, 0.1) is 11.8 Å². The highest BCUT2D eigenvalue weighted by Gasteiger charge is 2.31. The van der Waals surface area contributed by atoms with Gasteiger partial charge in [0.1, 0.15) is 0 Å². The van der Waals surface area contributed by atoms with Crippen LogP contribution in [0.15, 0.2) is 0 Å². The van der Waals surface area contributed by atoms with Crippen LogP contribution in [0.1, 0.15) is 6.42 Å². The lowest BCUT2D eigenvalue weighted by molar-refractivity contribution is -0.326. The molecule has 0 aliphatic carbocycles. The van der Waals surface area contributed by atoms with Crippen LogP contribution in [0.25, 0.3) is 0 Å². The monoisotopic (exact) mass is 215 g/mol. The Morgan fingerprint density at radius 2 is 1.85 bits per heavy atom. The van der Waals surface area contributed by atoms with E-state index in [-0.39, 0.29) is 6.42 Å². The summed E-state index contributed by atoms with van der Waals surface area (Å²) in [5.41, 5.74) is 0. The maximum absolute atomic E-state index is 10.3. The summed E-state index contributed by atoms with van der Waals surface area (Å²) in [7, 11) is -2.85. The average molecular weight is 215 g/mol. The molecule has 1 unspecified atom stereocenters. The van der Waals surface area contributed by atoms with E-state index >= 15 is 0 Å². The molecule has 0 amide bonds. The lowest BCUT2D eigenvalue weighted by Gasteiger charge is -2.24. The van der Waals surface area contributed by atoms with Gasteiger partial charge in [-0.3, -0.25) is 4.55 Å². The summed E-state index contributed by atoms with van der Waals surface area (Å²) in [6.45, 7) is 0. The third-order valence-corrected chi connectivity index (χ3v) is 2.23. The predicted octanol–water partition coefficient (Wildman–Crippen LogP) is -2.52. The molecule has 0 spiro atoms. The molecular weight excluding hydrogens is 202 g/mol. The lowest BCUT2D eigenvalue weighted by atomic mass is 10.2. The fraction of sp³-hybridized carbons (Fsp3) is 1.00. The predicted molar refractivity (Wildman–Crippen MR) is 43.3 cm³/mol. The van der Waals surface area contributed by atoms with Crippen LogP contribution < -0.4 is 5.32 Å². The van der Waals surface area contributed by atoms with Crippen molar-refractivity contribution in [2.75, 3.05) is 12.8 Å². The lowest BCUT2D eigenvalue weighted by Crippen LogP contribution is -2.50. The van der Waals surface area contributed by atoms with Crippen LogP contribution in [0.5, 0.6) is 0 Å². The van der Waals surface area contributed by atoms with E-state index in [1.165, 1.54) is 7.05 Å². The number of aliphatic hydroxyl groups is 3. The molecule has 0 aromatic heterocycles. The Bertz CT molecular complexity index is 242. The van der Waals surface area contributed by atoms with E-state index in [0.717, 1.165) is 0 Å². The molecule has 7 nitrogen and oxygen atoms in total. The van der Waals surface area contributed by atoms with E-state index in [9.17, 15) is 8.42 Å². The molecule has 0 heterocycles. The van der Waals surface area contributed by atoms with E-state index in [1.807, 2.05) is 0 Å². The second-order valence-corrected chi connectivity index (χ2v) is 4.18. The standard InChI is InChI=1S/C5H13NO6S/c1-6-4(5(7,8)9)2-3-13(10,11)12/h4,6-9H,2-3H2,1H3,(H,10,11,12). The van der Waals surface area contributed by atoms with Gasteiger partial charge < -0.3 is 20.6 Å². The number of hydrogen-bond donors (Lipinski definition) is 5. The molecule has 0 fully saturated rings. The Kier molecular flexibility index (Phi) is 4.23. The van der Waals surface area contributed by atoms with E-state index < -0.39 is 27.9 Å². The van der Waals surface area contributed by atoms with Gasteiger partial charge >= 0.3 is 0 Å². The highest BCUT2D eigenvalue weighted by atomic mass is 32.2. The van der Waals surface area contributed by atoms with Gasteiger partial charge in [-0.25, -0.2) is 0 Å². The zero-order valence-electron chi connectivity index (χ0n) is 7.01. The maximum atomic E-state index is 10.3. The van der Waals surface area contributed by atoms with Crippen molar-refractivity contribution in [3.8, 4) is 0 Å². The normalized spacial score (nSPS) is 15.8. The molecule has 0 radical (unpaired) electrons. The molecule has 5 N–H and O–H groups in total. The first kappa shape index (κ1) is 12.8. The summed E-state index contributed by atoms with van der Waals surface area (Å²) in [4.78, 5) is 0. The minimum atomic E-state index is -4.16. The van der Waals surface area contributed by atoms with E-state index in [4.69, 9.17) is 19.9 Å². The highest BCUT2D eigenvalue weighted by molar-refractivity contribution is 7.85. The minimum Gasteiger partial charge on any atom is -0.342 e. The van der Waals surface area contributed by atoms with E-state index in [2.05, 4.69) is 5.32 Å². The van der Waals surface area contributed by atoms with E-state index in [0.29, 0.717) is 0 Å². The molecule has 0 aromatic carbocycles. The molecule has 80 valence electrons. The summed E-state index contributed by atoms with van der Waals surface area (Å²) in [5.74, 6) is -3.67. The van der Waals surface area contributed by atoms with Gasteiger partial charge in [-0.2, -0.15) is 8.42 Å². The van der Waals surface area contributed by atoms with Gasteiger partial charge in [-0.05, 0) is 13.5 Å². The molecule has 13 heavy (non-hydrogen) atoms. The molecule has 0 aliphatic rings. The maximum Gasteiger partial charge on any atom is 0.291 e. The molecule has 8 heteroatoms. The largest absolute Gasteiger partial charge is 0.342 e. The fourth-order valence-corrected chi connectivity index (χ4v) is 1.33. The summed E-state index contributed by atoms with van der Waals surface area (Å²) in [6, 6.07) is -1.24.